The lowest BCUT2D eigenvalue weighted by molar-refractivity contribution is 1.65. The van der Waals surface area contributed by atoms with Crippen molar-refractivity contribution < 1.29 is 0 Å². The second-order valence-corrected chi connectivity index (χ2v) is 6.11. The predicted octanol–water partition coefficient (Wildman–Crippen LogP) is 2.28. The summed E-state index contributed by atoms with van der Waals surface area (Å²) in [4.78, 5) is 0. The number of rotatable bonds is 0. The van der Waals surface area contributed by atoms with E-state index in [1.165, 1.54) is 0 Å². The van der Waals surface area contributed by atoms with Crippen LogP contribution in [0.4, 0.5) is 0 Å². The van der Waals surface area contributed by atoms with Gasteiger partial charge in [-0.05, 0) is 12.1 Å². The molecule has 0 radical (unpaired) electrons. The molecule has 0 unspecified atom stereocenters. The van der Waals surface area contributed by atoms with Crippen molar-refractivity contribution in [3.8, 4) is 11.5 Å². The molecular formula is C8H6Cl2Si. The van der Waals surface area contributed by atoms with Crippen LogP contribution in [0.25, 0.3) is 0 Å². The van der Waals surface area contributed by atoms with Crippen LogP contribution in [0.2, 0.25) is 0 Å². The maximum absolute atomic E-state index is 5.56. The molecule has 0 fully saturated rings. The smallest absolute Gasteiger partial charge is 0.134 e. The van der Waals surface area contributed by atoms with Crippen molar-refractivity contribution >= 4 is 29.6 Å². The zero-order valence-corrected chi connectivity index (χ0v) is 8.39. The molecule has 1 aromatic carbocycles. The third-order valence-electron chi connectivity index (χ3n) is 1.10. The zero-order chi connectivity index (χ0) is 8.10. The van der Waals surface area contributed by atoms with Crippen molar-refractivity contribution in [3.63, 3.8) is 0 Å². The van der Waals surface area contributed by atoms with E-state index in [4.69, 9.17) is 22.2 Å². The van der Waals surface area contributed by atoms with Crippen molar-refractivity contribution in [1.82, 2.24) is 0 Å². The summed E-state index contributed by atoms with van der Waals surface area (Å²) in [6.07, 6.45) is 0. The minimum absolute atomic E-state index is 0.964. The molecular weight excluding hydrogens is 195 g/mol. The second-order valence-electron chi connectivity index (χ2n) is 1.94. The first-order valence-corrected chi connectivity index (χ1v) is 7.20. The largest absolute Gasteiger partial charge is 0.310 e. The van der Waals surface area contributed by atoms with Gasteiger partial charge in [0.25, 0.3) is 0 Å². The van der Waals surface area contributed by atoms with E-state index in [1.807, 2.05) is 30.3 Å². The van der Waals surface area contributed by atoms with E-state index >= 15 is 0 Å². The number of benzene rings is 1. The molecule has 0 N–H and O–H groups in total. The second kappa shape index (κ2) is 4.45. The molecule has 56 valence electrons. The molecule has 0 bridgehead atoms. The summed E-state index contributed by atoms with van der Waals surface area (Å²) in [6, 6.07) is 9.67. The van der Waals surface area contributed by atoms with Gasteiger partial charge >= 0.3 is 7.42 Å². The number of hydrogen-bond donors (Lipinski definition) is 0. The third-order valence-corrected chi connectivity index (χ3v) is 2.12. The summed E-state index contributed by atoms with van der Waals surface area (Å²) in [5, 5.41) is 0. The van der Waals surface area contributed by atoms with Gasteiger partial charge in [-0.3, -0.25) is 0 Å². The summed E-state index contributed by atoms with van der Waals surface area (Å²) >= 11 is 11.1. The Hall–Kier alpha value is -0.423. The molecule has 0 aromatic heterocycles. The predicted molar refractivity (Wildman–Crippen MR) is 52.2 cm³/mol. The third kappa shape index (κ3) is 3.48. The van der Waals surface area contributed by atoms with Crippen molar-refractivity contribution in [1.29, 1.82) is 0 Å². The highest BCUT2D eigenvalue weighted by molar-refractivity contribution is 7.37. The van der Waals surface area contributed by atoms with Gasteiger partial charge in [0.1, 0.15) is 0 Å². The lowest BCUT2D eigenvalue weighted by Gasteiger charge is -1.85. The summed E-state index contributed by atoms with van der Waals surface area (Å²) in [6.45, 7) is 0. The van der Waals surface area contributed by atoms with Crippen LogP contribution in [0.1, 0.15) is 5.56 Å². The minimum Gasteiger partial charge on any atom is -0.134 e. The van der Waals surface area contributed by atoms with Crippen LogP contribution in [-0.2, 0) is 0 Å². The molecule has 0 saturated carbocycles. The van der Waals surface area contributed by atoms with Gasteiger partial charge in [-0.1, -0.05) is 29.7 Å². The molecule has 0 spiro atoms. The molecule has 0 nitrogen and oxygen atoms in total. The SMILES string of the molecule is Cl[SiH](Cl)C#Cc1ccccc1. The Labute approximate surface area is 77.2 Å². The van der Waals surface area contributed by atoms with Crippen molar-refractivity contribution in [2.45, 2.75) is 0 Å². The highest BCUT2D eigenvalue weighted by atomic mass is 35.7. The van der Waals surface area contributed by atoms with Gasteiger partial charge in [0.15, 0.2) is 0 Å². The van der Waals surface area contributed by atoms with Crippen molar-refractivity contribution in [2.75, 3.05) is 0 Å². The topological polar surface area (TPSA) is 0 Å². The lowest BCUT2D eigenvalue weighted by Crippen LogP contribution is -1.84. The fourth-order valence-electron chi connectivity index (χ4n) is 0.659. The quantitative estimate of drug-likeness (QED) is 0.343. The molecule has 1 aromatic rings. The molecule has 0 aliphatic rings. The Morgan fingerprint density at radius 3 is 2.27 bits per heavy atom. The Bertz CT molecular complexity index is 271. The van der Waals surface area contributed by atoms with Crippen LogP contribution in [-0.4, -0.2) is 7.42 Å². The molecule has 0 amide bonds. The van der Waals surface area contributed by atoms with Gasteiger partial charge < -0.3 is 0 Å². The summed E-state index contributed by atoms with van der Waals surface area (Å²) < 4.78 is 0. The van der Waals surface area contributed by atoms with Crippen LogP contribution in [0.15, 0.2) is 30.3 Å². The van der Waals surface area contributed by atoms with Gasteiger partial charge in [0.2, 0.25) is 0 Å². The van der Waals surface area contributed by atoms with E-state index in [-0.39, 0.29) is 0 Å². The Morgan fingerprint density at radius 1 is 1.09 bits per heavy atom. The maximum Gasteiger partial charge on any atom is 0.310 e. The van der Waals surface area contributed by atoms with E-state index in [2.05, 4.69) is 11.5 Å². The summed E-state index contributed by atoms with van der Waals surface area (Å²) in [5.74, 6) is 2.89. The van der Waals surface area contributed by atoms with Gasteiger partial charge in [-0.15, -0.1) is 22.2 Å². The van der Waals surface area contributed by atoms with E-state index in [1.54, 1.807) is 0 Å². The normalized spacial score (nSPS) is 9.00. The molecule has 0 aliphatic carbocycles. The van der Waals surface area contributed by atoms with E-state index < -0.39 is 7.42 Å². The highest BCUT2D eigenvalue weighted by Crippen LogP contribution is 1.97. The Kier molecular flexibility index (Phi) is 3.51. The first-order chi connectivity index (χ1) is 5.29. The van der Waals surface area contributed by atoms with Crippen LogP contribution in [0.3, 0.4) is 0 Å². The molecule has 0 heterocycles. The molecule has 0 atom stereocenters. The Morgan fingerprint density at radius 2 is 1.73 bits per heavy atom. The fraction of sp³-hybridized carbons (Fsp3) is 0. The van der Waals surface area contributed by atoms with Gasteiger partial charge in [-0.2, -0.15) is 0 Å². The maximum atomic E-state index is 5.56. The average Bonchev–Trinajstić information content (AvgIpc) is 2.03. The summed E-state index contributed by atoms with van der Waals surface area (Å²) in [7, 11) is -1.76. The highest BCUT2D eigenvalue weighted by Gasteiger charge is 1.91. The first kappa shape index (κ1) is 8.67. The zero-order valence-electron chi connectivity index (χ0n) is 5.72. The molecule has 11 heavy (non-hydrogen) atoms. The van der Waals surface area contributed by atoms with Gasteiger partial charge in [0.05, 0.1) is 0 Å². The number of hydrogen-bond acceptors (Lipinski definition) is 0. The van der Waals surface area contributed by atoms with Crippen LogP contribution in [0.5, 0.6) is 0 Å². The van der Waals surface area contributed by atoms with E-state index in [9.17, 15) is 0 Å². The van der Waals surface area contributed by atoms with Crippen molar-refractivity contribution in [3.05, 3.63) is 35.9 Å². The van der Waals surface area contributed by atoms with E-state index in [0.29, 0.717) is 0 Å². The van der Waals surface area contributed by atoms with E-state index in [0.717, 1.165) is 5.56 Å². The minimum atomic E-state index is -1.76. The Balaban J connectivity index is 2.75. The monoisotopic (exact) mass is 200 g/mol. The summed E-state index contributed by atoms with van der Waals surface area (Å²) in [5.41, 5.74) is 3.75. The molecule has 1 rings (SSSR count). The van der Waals surface area contributed by atoms with Crippen LogP contribution < -0.4 is 0 Å². The fourth-order valence-corrected chi connectivity index (χ4v) is 1.26. The first-order valence-electron chi connectivity index (χ1n) is 3.14. The average molecular weight is 201 g/mol. The lowest BCUT2D eigenvalue weighted by atomic mass is 10.2. The number of halogens is 2. The molecule has 0 aliphatic heterocycles. The van der Waals surface area contributed by atoms with Crippen molar-refractivity contribution in [2.24, 2.45) is 0 Å². The van der Waals surface area contributed by atoms with Crippen LogP contribution in [0, 0.1) is 11.5 Å². The van der Waals surface area contributed by atoms with Crippen LogP contribution >= 0.6 is 22.2 Å². The van der Waals surface area contributed by atoms with Gasteiger partial charge in [0, 0.05) is 5.56 Å². The molecule has 3 heteroatoms. The standard InChI is InChI=1S/C8H6Cl2Si/c9-11(10)7-6-8-4-2-1-3-5-8/h1-5,11H. The van der Waals surface area contributed by atoms with Gasteiger partial charge in [-0.25, -0.2) is 0 Å². The molecule has 0 saturated heterocycles.